The number of rotatable bonds is 2. The van der Waals surface area contributed by atoms with Gasteiger partial charge in [0.15, 0.2) is 0 Å². The lowest BCUT2D eigenvalue weighted by Gasteiger charge is -2.29. The van der Waals surface area contributed by atoms with E-state index in [1.807, 2.05) is 0 Å². The number of nitrogens with zero attached hydrogens (tertiary/aromatic N) is 1. The Morgan fingerprint density at radius 3 is 2.00 bits per heavy atom. The molecule has 0 bridgehead atoms. The van der Waals surface area contributed by atoms with Crippen LogP contribution in [0.5, 0.6) is 0 Å². The molecule has 1 aromatic heterocycles. The normalized spacial score (nSPS) is 16.3. The highest BCUT2D eigenvalue weighted by molar-refractivity contribution is 5.77. The molecule has 1 atom stereocenters. The molecule has 0 aliphatic carbocycles. The van der Waals surface area contributed by atoms with Crippen LogP contribution in [0.3, 0.4) is 0 Å². The summed E-state index contributed by atoms with van der Waals surface area (Å²) in [4.78, 5) is 10.6. The Kier molecular flexibility index (Phi) is 2.31. The standard InChI is InChI=1S/C8H8F3NO2/c1-7(6(13)14,8(9,10)11)12-4-2-3-5-12/h2-5H,1H3,(H,13,14). The molecule has 0 aliphatic rings. The highest BCUT2D eigenvalue weighted by atomic mass is 19.4. The number of hydrogen-bond donors (Lipinski definition) is 1. The smallest absolute Gasteiger partial charge is 0.422 e. The van der Waals surface area contributed by atoms with Crippen molar-refractivity contribution in [3.8, 4) is 0 Å². The lowest BCUT2D eigenvalue weighted by molar-refractivity contribution is -0.219. The molecular weight excluding hydrogens is 199 g/mol. The zero-order valence-electron chi connectivity index (χ0n) is 7.25. The van der Waals surface area contributed by atoms with Crippen molar-refractivity contribution in [3.63, 3.8) is 0 Å². The molecule has 0 spiro atoms. The van der Waals surface area contributed by atoms with E-state index in [1.165, 1.54) is 12.1 Å². The van der Waals surface area contributed by atoms with Gasteiger partial charge in [0.25, 0.3) is 0 Å². The topological polar surface area (TPSA) is 42.2 Å². The van der Waals surface area contributed by atoms with Crippen LogP contribution in [-0.4, -0.2) is 21.8 Å². The van der Waals surface area contributed by atoms with Gasteiger partial charge >= 0.3 is 12.1 Å². The van der Waals surface area contributed by atoms with Crippen molar-refractivity contribution >= 4 is 5.97 Å². The Hall–Kier alpha value is -1.46. The average Bonchev–Trinajstić information content (AvgIpc) is 2.52. The number of halogens is 3. The number of aromatic nitrogens is 1. The molecule has 78 valence electrons. The first-order chi connectivity index (χ1) is 6.30. The van der Waals surface area contributed by atoms with Gasteiger partial charge < -0.3 is 9.67 Å². The Labute approximate surface area is 77.8 Å². The molecule has 3 nitrogen and oxygen atoms in total. The molecule has 1 unspecified atom stereocenters. The van der Waals surface area contributed by atoms with E-state index in [0.717, 1.165) is 12.4 Å². The average molecular weight is 207 g/mol. The second-order valence-electron chi connectivity index (χ2n) is 2.97. The van der Waals surface area contributed by atoms with Crippen LogP contribution in [0.25, 0.3) is 0 Å². The zero-order valence-corrected chi connectivity index (χ0v) is 7.25. The maximum atomic E-state index is 12.5. The molecule has 0 amide bonds. The van der Waals surface area contributed by atoms with Crippen LogP contribution in [-0.2, 0) is 10.3 Å². The van der Waals surface area contributed by atoms with E-state index in [9.17, 15) is 18.0 Å². The number of alkyl halides is 3. The van der Waals surface area contributed by atoms with Crippen LogP contribution < -0.4 is 0 Å². The van der Waals surface area contributed by atoms with Gasteiger partial charge in [0, 0.05) is 12.4 Å². The molecular formula is C8H8F3NO2. The minimum absolute atomic E-state index is 0.620. The van der Waals surface area contributed by atoms with E-state index >= 15 is 0 Å². The monoisotopic (exact) mass is 207 g/mol. The number of aliphatic carboxylic acids is 1. The largest absolute Gasteiger partial charge is 0.479 e. The third kappa shape index (κ3) is 1.36. The summed E-state index contributed by atoms with van der Waals surface area (Å²) < 4.78 is 38.2. The van der Waals surface area contributed by atoms with E-state index in [4.69, 9.17) is 5.11 Å². The molecule has 1 rings (SSSR count). The van der Waals surface area contributed by atoms with E-state index in [-0.39, 0.29) is 0 Å². The van der Waals surface area contributed by atoms with Crippen LogP contribution in [0.2, 0.25) is 0 Å². The van der Waals surface area contributed by atoms with Gasteiger partial charge in [-0.25, -0.2) is 4.79 Å². The van der Waals surface area contributed by atoms with Gasteiger partial charge in [-0.1, -0.05) is 0 Å². The van der Waals surface area contributed by atoms with Gasteiger partial charge in [-0.3, -0.25) is 0 Å². The lowest BCUT2D eigenvalue weighted by Crippen LogP contribution is -2.50. The lowest BCUT2D eigenvalue weighted by atomic mass is 10.0. The first-order valence-corrected chi connectivity index (χ1v) is 3.73. The van der Waals surface area contributed by atoms with Crippen LogP contribution in [0.1, 0.15) is 6.92 Å². The minimum atomic E-state index is -4.84. The summed E-state index contributed by atoms with van der Waals surface area (Å²) in [5, 5.41) is 8.60. The highest BCUT2D eigenvalue weighted by Crippen LogP contribution is 2.36. The summed E-state index contributed by atoms with van der Waals surface area (Å²) in [5.74, 6) is -1.93. The van der Waals surface area contributed by atoms with Crippen LogP contribution >= 0.6 is 0 Å². The van der Waals surface area contributed by atoms with E-state index in [0.29, 0.717) is 11.5 Å². The SMILES string of the molecule is CC(C(=O)O)(n1cccc1)C(F)(F)F. The van der Waals surface area contributed by atoms with Gasteiger partial charge in [-0.05, 0) is 19.1 Å². The first-order valence-electron chi connectivity index (χ1n) is 3.73. The fourth-order valence-electron chi connectivity index (χ4n) is 1.01. The second-order valence-corrected chi connectivity index (χ2v) is 2.97. The molecule has 0 aliphatic heterocycles. The van der Waals surface area contributed by atoms with Crippen molar-refractivity contribution in [3.05, 3.63) is 24.5 Å². The predicted molar refractivity (Wildman–Crippen MR) is 41.8 cm³/mol. The summed E-state index contributed by atoms with van der Waals surface area (Å²) in [5.41, 5.74) is -2.91. The van der Waals surface area contributed by atoms with Crippen molar-refractivity contribution in [1.29, 1.82) is 0 Å². The Balaban J connectivity index is 3.27. The van der Waals surface area contributed by atoms with Gasteiger partial charge in [-0.2, -0.15) is 13.2 Å². The maximum Gasteiger partial charge on any atom is 0.422 e. The van der Waals surface area contributed by atoms with E-state index < -0.39 is 17.7 Å². The molecule has 6 heteroatoms. The summed E-state index contributed by atoms with van der Waals surface area (Å²) in [7, 11) is 0. The van der Waals surface area contributed by atoms with Crippen molar-refractivity contribution < 1.29 is 23.1 Å². The maximum absolute atomic E-state index is 12.5. The predicted octanol–water partition coefficient (Wildman–Crippen LogP) is 1.85. The van der Waals surface area contributed by atoms with Gasteiger partial charge in [0.05, 0.1) is 0 Å². The molecule has 14 heavy (non-hydrogen) atoms. The number of carboxylic acids is 1. The van der Waals surface area contributed by atoms with Crippen molar-refractivity contribution in [2.75, 3.05) is 0 Å². The van der Waals surface area contributed by atoms with Gasteiger partial charge in [0.2, 0.25) is 5.54 Å². The summed E-state index contributed by atoms with van der Waals surface area (Å²) in [6.07, 6.45) is -2.69. The molecule has 0 radical (unpaired) electrons. The number of carbonyl (C=O) groups is 1. The molecule has 0 saturated heterocycles. The molecule has 0 aromatic carbocycles. The minimum Gasteiger partial charge on any atom is -0.479 e. The summed E-state index contributed by atoms with van der Waals surface area (Å²) in [6.45, 7) is 0.620. The third-order valence-corrected chi connectivity index (χ3v) is 2.09. The highest BCUT2D eigenvalue weighted by Gasteiger charge is 2.58. The second kappa shape index (κ2) is 3.04. The van der Waals surface area contributed by atoms with Gasteiger partial charge in [-0.15, -0.1) is 0 Å². The Bertz CT molecular complexity index is 331. The Morgan fingerprint density at radius 1 is 1.29 bits per heavy atom. The van der Waals surface area contributed by atoms with E-state index in [1.54, 1.807) is 0 Å². The van der Waals surface area contributed by atoms with Gasteiger partial charge in [0.1, 0.15) is 0 Å². The number of hydrogen-bond acceptors (Lipinski definition) is 1. The fraction of sp³-hybridized carbons (Fsp3) is 0.375. The molecule has 1 heterocycles. The van der Waals surface area contributed by atoms with Crippen LogP contribution in [0.4, 0.5) is 13.2 Å². The molecule has 0 fully saturated rings. The fourth-order valence-corrected chi connectivity index (χ4v) is 1.01. The Morgan fingerprint density at radius 2 is 1.71 bits per heavy atom. The van der Waals surface area contributed by atoms with Crippen LogP contribution in [0, 0.1) is 0 Å². The van der Waals surface area contributed by atoms with Crippen molar-refractivity contribution in [2.45, 2.75) is 18.6 Å². The van der Waals surface area contributed by atoms with E-state index in [2.05, 4.69) is 0 Å². The molecule has 0 saturated carbocycles. The quantitative estimate of drug-likeness (QED) is 0.804. The third-order valence-electron chi connectivity index (χ3n) is 2.09. The summed E-state index contributed by atoms with van der Waals surface area (Å²) in [6, 6.07) is 2.68. The van der Waals surface area contributed by atoms with Crippen molar-refractivity contribution in [1.82, 2.24) is 4.57 Å². The molecule has 1 aromatic rings. The van der Waals surface area contributed by atoms with Crippen molar-refractivity contribution in [2.24, 2.45) is 0 Å². The number of carboxylic acid groups (broad SMARTS) is 1. The first kappa shape index (κ1) is 10.6. The van der Waals surface area contributed by atoms with Crippen LogP contribution in [0.15, 0.2) is 24.5 Å². The molecule has 1 N–H and O–H groups in total. The summed E-state index contributed by atoms with van der Waals surface area (Å²) >= 11 is 0. The zero-order chi connectivity index (χ0) is 11.0.